The minimum Gasteiger partial charge on any atom is -0.495 e. The molecule has 0 amide bonds. The smallest absolute Gasteiger partial charge is 0.406 e. The molecule has 1 aliphatic rings. The van der Waals surface area contributed by atoms with Crippen molar-refractivity contribution >= 4 is 34.2 Å². The summed E-state index contributed by atoms with van der Waals surface area (Å²) in [5.74, 6) is 6.52. The van der Waals surface area contributed by atoms with Crippen molar-refractivity contribution in [2.75, 3.05) is 24.3 Å². The summed E-state index contributed by atoms with van der Waals surface area (Å²) in [4.78, 5) is 0.854. The highest BCUT2D eigenvalue weighted by atomic mass is 32.2. The molecule has 1 fully saturated rings. The highest BCUT2D eigenvalue weighted by Gasteiger charge is 2.30. The standard InChI is InChI=1S/C26H29F3N4OS/c1-34-25-16-20(35-30)12-13-23(25)31-14-6-9-19-15-21-22(32-18-7-3-2-4-8-18)10-5-11-24(21)33(19)17-26(27,28)29/h5,10-13,15-16,18,31-32H,2-4,7-8,14,17,30H2,1H3. The van der Waals surface area contributed by atoms with Crippen LogP contribution in [0.5, 0.6) is 5.75 Å². The lowest BCUT2D eigenvalue weighted by molar-refractivity contribution is -0.140. The number of fused-ring (bicyclic) bond motifs is 1. The predicted molar refractivity (Wildman–Crippen MR) is 137 cm³/mol. The van der Waals surface area contributed by atoms with Crippen LogP contribution in [0.3, 0.4) is 0 Å². The molecule has 0 unspecified atom stereocenters. The number of halogens is 3. The van der Waals surface area contributed by atoms with Crippen LogP contribution in [0, 0.1) is 11.8 Å². The van der Waals surface area contributed by atoms with Gasteiger partial charge in [0.1, 0.15) is 12.3 Å². The van der Waals surface area contributed by atoms with Gasteiger partial charge in [0.15, 0.2) is 0 Å². The minimum absolute atomic E-state index is 0.242. The number of aromatic nitrogens is 1. The number of hydrogen-bond donors (Lipinski definition) is 3. The molecule has 0 aliphatic heterocycles. The number of rotatable bonds is 7. The lowest BCUT2D eigenvalue weighted by Crippen LogP contribution is -2.22. The van der Waals surface area contributed by atoms with Crippen molar-refractivity contribution in [3.8, 4) is 17.6 Å². The maximum atomic E-state index is 13.4. The van der Waals surface area contributed by atoms with Crippen molar-refractivity contribution in [3.05, 3.63) is 48.2 Å². The zero-order chi connectivity index (χ0) is 24.8. The molecule has 3 aromatic rings. The van der Waals surface area contributed by atoms with Crippen LogP contribution in [0.2, 0.25) is 0 Å². The van der Waals surface area contributed by atoms with Crippen LogP contribution in [0.15, 0.2) is 47.4 Å². The molecule has 1 aliphatic carbocycles. The Morgan fingerprint density at radius 1 is 1.11 bits per heavy atom. The van der Waals surface area contributed by atoms with Crippen molar-refractivity contribution in [2.45, 2.75) is 55.8 Å². The van der Waals surface area contributed by atoms with E-state index in [1.54, 1.807) is 25.3 Å². The lowest BCUT2D eigenvalue weighted by Gasteiger charge is -2.24. The molecule has 0 saturated heterocycles. The number of nitrogens with zero attached hydrogens (tertiary/aromatic N) is 1. The number of alkyl halides is 3. The van der Waals surface area contributed by atoms with Crippen LogP contribution in [-0.4, -0.2) is 30.4 Å². The minimum atomic E-state index is -4.36. The van der Waals surface area contributed by atoms with E-state index in [1.165, 1.54) is 23.8 Å². The Hall–Kier alpha value is -2.96. The van der Waals surface area contributed by atoms with Crippen molar-refractivity contribution < 1.29 is 17.9 Å². The van der Waals surface area contributed by atoms with Gasteiger partial charge in [-0.3, -0.25) is 5.14 Å². The van der Waals surface area contributed by atoms with E-state index in [9.17, 15) is 13.2 Å². The molecule has 4 rings (SSSR count). The molecule has 0 bridgehead atoms. The second-order valence-corrected chi connectivity index (χ2v) is 9.29. The monoisotopic (exact) mass is 502 g/mol. The average Bonchev–Trinajstić information content (AvgIpc) is 3.19. The number of nitrogens with two attached hydrogens (primary N) is 1. The third kappa shape index (κ3) is 6.38. The second-order valence-electron chi connectivity index (χ2n) is 8.58. The molecular formula is C26H29F3N4OS. The Labute approximate surface area is 207 Å². The zero-order valence-corrected chi connectivity index (χ0v) is 20.4. The lowest BCUT2D eigenvalue weighted by atomic mass is 9.95. The normalized spacial score (nSPS) is 14.4. The van der Waals surface area contributed by atoms with Gasteiger partial charge in [0.25, 0.3) is 0 Å². The summed E-state index contributed by atoms with van der Waals surface area (Å²) in [5, 5.41) is 13.1. The van der Waals surface area contributed by atoms with Gasteiger partial charge in [-0.1, -0.05) is 31.2 Å². The molecular weight excluding hydrogens is 473 g/mol. The van der Waals surface area contributed by atoms with E-state index in [2.05, 4.69) is 22.5 Å². The Bertz CT molecular complexity index is 1220. The van der Waals surface area contributed by atoms with Crippen LogP contribution in [0.1, 0.15) is 37.8 Å². The van der Waals surface area contributed by atoms with E-state index in [0.29, 0.717) is 23.0 Å². The van der Waals surface area contributed by atoms with Crippen LogP contribution in [0.25, 0.3) is 10.9 Å². The maximum absolute atomic E-state index is 13.4. The van der Waals surface area contributed by atoms with E-state index in [-0.39, 0.29) is 6.54 Å². The third-order valence-corrected chi connectivity index (χ3v) is 6.67. The summed E-state index contributed by atoms with van der Waals surface area (Å²) < 4.78 is 46.9. The Balaban J connectivity index is 1.60. The zero-order valence-electron chi connectivity index (χ0n) is 19.5. The van der Waals surface area contributed by atoms with Crippen molar-refractivity contribution in [1.82, 2.24) is 4.57 Å². The first kappa shape index (κ1) is 25.1. The topological polar surface area (TPSA) is 64.2 Å². The first-order chi connectivity index (χ1) is 16.9. The van der Waals surface area contributed by atoms with Crippen molar-refractivity contribution in [2.24, 2.45) is 5.14 Å². The van der Waals surface area contributed by atoms with Gasteiger partial charge in [-0.2, -0.15) is 13.2 Å². The molecule has 4 N–H and O–H groups in total. The van der Waals surface area contributed by atoms with Crippen molar-refractivity contribution in [1.29, 1.82) is 0 Å². The summed E-state index contributed by atoms with van der Waals surface area (Å²) in [6, 6.07) is 13.1. The summed E-state index contributed by atoms with van der Waals surface area (Å²) in [6.45, 7) is -0.848. The SMILES string of the molecule is COc1cc(SN)ccc1NCC#Cc1cc2c(NC3CCCCC3)cccc2n1CC(F)(F)F. The highest BCUT2D eigenvalue weighted by molar-refractivity contribution is 7.97. The summed E-state index contributed by atoms with van der Waals surface area (Å²) in [6.07, 6.45) is 1.37. The highest BCUT2D eigenvalue weighted by Crippen LogP contribution is 2.32. The van der Waals surface area contributed by atoms with Gasteiger partial charge in [-0.05, 0) is 67.1 Å². The van der Waals surface area contributed by atoms with E-state index < -0.39 is 12.7 Å². The fourth-order valence-corrected chi connectivity index (χ4v) is 4.82. The summed E-state index contributed by atoms with van der Waals surface area (Å²) in [5.41, 5.74) is 2.45. The number of methoxy groups -OCH3 is 1. The largest absolute Gasteiger partial charge is 0.495 e. The molecule has 2 aromatic carbocycles. The Morgan fingerprint density at radius 3 is 2.63 bits per heavy atom. The molecule has 1 saturated carbocycles. The van der Waals surface area contributed by atoms with Crippen LogP contribution in [0.4, 0.5) is 24.5 Å². The third-order valence-electron chi connectivity index (χ3n) is 6.14. The van der Waals surface area contributed by atoms with Gasteiger partial charge in [0.2, 0.25) is 0 Å². The number of ether oxygens (including phenoxy) is 1. The maximum Gasteiger partial charge on any atom is 0.406 e. The predicted octanol–water partition coefficient (Wildman–Crippen LogP) is 6.39. The number of anilines is 2. The molecule has 1 aromatic heterocycles. The van der Waals surface area contributed by atoms with Gasteiger partial charge in [-0.25, -0.2) is 0 Å². The Morgan fingerprint density at radius 2 is 1.91 bits per heavy atom. The molecule has 1 heterocycles. The number of benzene rings is 2. The van der Waals surface area contributed by atoms with Gasteiger partial charge in [0, 0.05) is 22.0 Å². The molecule has 0 radical (unpaired) electrons. The van der Waals surface area contributed by atoms with Gasteiger partial charge in [0.05, 0.1) is 30.6 Å². The van der Waals surface area contributed by atoms with Crippen molar-refractivity contribution in [3.63, 3.8) is 0 Å². The van der Waals surface area contributed by atoms with E-state index in [1.807, 2.05) is 24.3 Å². The number of nitrogens with one attached hydrogen (secondary N) is 2. The van der Waals surface area contributed by atoms with Crippen LogP contribution >= 0.6 is 11.9 Å². The molecule has 0 spiro atoms. The first-order valence-corrected chi connectivity index (χ1v) is 12.5. The van der Waals surface area contributed by atoms with Gasteiger partial charge < -0.3 is 19.9 Å². The van der Waals surface area contributed by atoms with E-state index in [4.69, 9.17) is 9.88 Å². The molecule has 9 heteroatoms. The van der Waals surface area contributed by atoms with E-state index >= 15 is 0 Å². The summed E-state index contributed by atoms with van der Waals surface area (Å²) in [7, 11) is 1.56. The molecule has 5 nitrogen and oxygen atoms in total. The fraction of sp³-hybridized carbons (Fsp3) is 0.385. The second kappa shape index (κ2) is 11.2. The summed E-state index contributed by atoms with van der Waals surface area (Å²) >= 11 is 1.12. The number of hydrogen-bond acceptors (Lipinski definition) is 5. The molecule has 35 heavy (non-hydrogen) atoms. The molecule has 0 atom stereocenters. The fourth-order valence-electron chi connectivity index (χ4n) is 4.50. The average molecular weight is 503 g/mol. The first-order valence-electron chi connectivity index (χ1n) is 11.6. The quantitative estimate of drug-likeness (QED) is 0.258. The van der Waals surface area contributed by atoms with Crippen LogP contribution < -0.4 is 20.5 Å². The van der Waals surface area contributed by atoms with Gasteiger partial charge in [-0.15, -0.1) is 0 Å². The molecule has 186 valence electrons. The van der Waals surface area contributed by atoms with Gasteiger partial charge >= 0.3 is 6.18 Å². The van der Waals surface area contributed by atoms with Crippen LogP contribution in [-0.2, 0) is 6.54 Å². The Kier molecular flexibility index (Phi) is 8.04. The van der Waals surface area contributed by atoms with E-state index in [0.717, 1.165) is 46.4 Å².